The minimum Gasteiger partial charge on any atom is -0.497 e. The number of amides is 1. The smallest absolute Gasteiger partial charge is 0.329 e. The van der Waals surface area contributed by atoms with Crippen molar-refractivity contribution in [1.29, 1.82) is 0 Å². The summed E-state index contributed by atoms with van der Waals surface area (Å²) in [5, 5.41) is 3.31. The van der Waals surface area contributed by atoms with Gasteiger partial charge in [0.25, 0.3) is 5.56 Å². The Morgan fingerprint density at radius 1 is 1.15 bits per heavy atom. The fourth-order valence-corrected chi connectivity index (χ4v) is 3.04. The first-order chi connectivity index (χ1) is 13.0. The summed E-state index contributed by atoms with van der Waals surface area (Å²) in [5.74, 6) is 0.433. The molecule has 0 bridgehead atoms. The Hall–Kier alpha value is -3.35. The number of para-hydroxylation sites is 1. The van der Waals surface area contributed by atoms with Gasteiger partial charge in [0.05, 0.1) is 24.1 Å². The number of aromatic amines is 1. The number of rotatable bonds is 6. The van der Waals surface area contributed by atoms with Gasteiger partial charge in [0.2, 0.25) is 5.91 Å². The number of hydrogen-bond acceptors (Lipinski definition) is 4. The molecule has 7 heteroatoms. The standard InChI is InChI=1S/C20H21N3O4/c1-3-16(13-8-10-14(27-2)11-9-13)21-18(24)12-23-17-7-5-4-6-15(17)19(25)22-20(23)26/h4-11,16H,3,12H2,1-2H3,(H,21,24)(H,22,25,26). The number of nitrogens with one attached hydrogen (secondary N) is 2. The lowest BCUT2D eigenvalue weighted by atomic mass is 10.0. The lowest BCUT2D eigenvalue weighted by molar-refractivity contribution is -0.122. The molecule has 0 aliphatic carbocycles. The predicted molar refractivity (Wildman–Crippen MR) is 103 cm³/mol. The third-order valence-corrected chi connectivity index (χ3v) is 4.47. The number of H-pyrrole nitrogens is 1. The molecule has 1 unspecified atom stereocenters. The first-order valence-electron chi connectivity index (χ1n) is 8.68. The average Bonchev–Trinajstić information content (AvgIpc) is 2.69. The molecule has 0 saturated heterocycles. The van der Waals surface area contributed by atoms with Gasteiger partial charge in [0.1, 0.15) is 12.3 Å². The zero-order valence-corrected chi connectivity index (χ0v) is 15.2. The minimum absolute atomic E-state index is 0.178. The maximum atomic E-state index is 12.6. The first-order valence-corrected chi connectivity index (χ1v) is 8.68. The van der Waals surface area contributed by atoms with Crippen LogP contribution in [0.4, 0.5) is 0 Å². The largest absolute Gasteiger partial charge is 0.497 e. The number of fused-ring (bicyclic) bond motifs is 1. The van der Waals surface area contributed by atoms with E-state index >= 15 is 0 Å². The molecular weight excluding hydrogens is 346 g/mol. The zero-order chi connectivity index (χ0) is 19.4. The Kier molecular flexibility index (Phi) is 5.40. The van der Waals surface area contributed by atoms with Gasteiger partial charge < -0.3 is 10.1 Å². The third-order valence-electron chi connectivity index (χ3n) is 4.47. The molecule has 27 heavy (non-hydrogen) atoms. The number of carbonyl (C=O) groups is 1. The van der Waals surface area contributed by atoms with Crippen LogP contribution in [0.2, 0.25) is 0 Å². The average molecular weight is 367 g/mol. The Bertz CT molecular complexity index is 1070. The van der Waals surface area contributed by atoms with E-state index in [4.69, 9.17) is 4.74 Å². The second kappa shape index (κ2) is 7.90. The quantitative estimate of drug-likeness (QED) is 0.697. The van der Waals surface area contributed by atoms with Crippen molar-refractivity contribution in [2.75, 3.05) is 7.11 Å². The highest BCUT2D eigenvalue weighted by Gasteiger charge is 2.15. The molecule has 0 saturated carbocycles. The summed E-state index contributed by atoms with van der Waals surface area (Å²) in [4.78, 5) is 38.9. The van der Waals surface area contributed by atoms with Gasteiger partial charge in [-0.3, -0.25) is 19.1 Å². The number of ether oxygens (including phenoxy) is 1. The van der Waals surface area contributed by atoms with Gasteiger partial charge in [0.15, 0.2) is 0 Å². The molecule has 3 aromatic rings. The summed E-state index contributed by atoms with van der Waals surface area (Å²) >= 11 is 0. The molecule has 1 amide bonds. The third kappa shape index (κ3) is 3.92. The molecule has 0 aliphatic heterocycles. The van der Waals surface area contributed by atoms with Crippen LogP contribution >= 0.6 is 0 Å². The Morgan fingerprint density at radius 3 is 2.52 bits per heavy atom. The van der Waals surface area contributed by atoms with E-state index in [1.54, 1.807) is 31.4 Å². The van der Waals surface area contributed by atoms with Crippen molar-refractivity contribution in [2.24, 2.45) is 0 Å². The number of methoxy groups -OCH3 is 1. The molecule has 2 aromatic carbocycles. The van der Waals surface area contributed by atoms with Crippen LogP contribution in [-0.2, 0) is 11.3 Å². The van der Waals surface area contributed by atoms with Crippen molar-refractivity contribution in [3.8, 4) is 5.75 Å². The van der Waals surface area contributed by atoms with E-state index in [0.29, 0.717) is 17.3 Å². The fraction of sp³-hybridized carbons (Fsp3) is 0.250. The Balaban J connectivity index is 1.84. The van der Waals surface area contributed by atoms with Crippen molar-refractivity contribution in [2.45, 2.75) is 25.9 Å². The van der Waals surface area contributed by atoms with Crippen molar-refractivity contribution >= 4 is 16.8 Å². The van der Waals surface area contributed by atoms with E-state index < -0.39 is 11.2 Å². The van der Waals surface area contributed by atoms with E-state index in [2.05, 4.69) is 10.3 Å². The Labute approximate surface area is 155 Å². The van der Waals surface area contributed by atoms with Crippen molar-refractivity contribution in [1.82, 2.24) is 14.9 Å². The van der Waals surface area contributed by atoms with Crippen molar-refractivity contribution in [3.63, 3.8) is 0 Å². The molecule has 0 fully saturated rings. The first kappa shape index (κ1) is 18.4. The lowest BCUT2D eigenvalue weighted by Gasteiger charge is -2.18. The van der Waals surface area contributed by atoms with Crippen LogP contribution in [0, 0.1) is 0 Å². The summed E-state index contributed by atoms with van der Waals surface area (Å²) in [6.45, 7) is 1.79. The van der Waals surface area contributed by atoms with Gasteiger partial charge in [-0.25, -0.2) is 4.79 Å². The molecule has 1 aromatic heterocycles. The highest BCUT2D eigenvalue weighted by atomic mass is 16.5. The van der Waals surface area contributed by atoms with Crippen molar-refractivity contribution in [3.05, 3.63) is 74.9 Å². The van der Waals surface area contributed by atoms with Gasteiger partial charge >= 0.3 is 5.69 Å². The van der Waals surface area contributed by atoms with Crippen LogP contribution < -0.4 is 21.3 Å². The minimum atomic E-state index is -0.605. The van der Waals surface area contributed by atoms with Crippen molar-refractivity contribution < 1.29 is 9.53 Å². The molecule has 2 N–H and O–H groups in total. The van der Waals surface area contributed by atoms with E-state index in [9.17, 15) is 14.4 Å². The number of carbonyl (C=O) groups excluding carboxylic acids is 1. The second-order valence-corrected chi connectivity index (χ2v) is 6.16. The Morgan fingerprint density at radius 2 is 1.85 bits per heavy atom. The SMILES string of the molecule is CCC(NC(=O)Cn1c(=O)[nH]c(=O)c2ccccc21)c1ccc(OC)cc1. The second-order valence-electron chi connectivity index (χ2n) is 6.16. The number of benzene rings is 2. The number of nitrogens with zero attached hydrogens (tertiary/aromatic N) is 1. The molecule has 0 radical (unpaired) electrons. The normalized spacial score (nSPS) is 11.9. The maximum absolute atomic E-state index is 12.6. The van der Waals surface area contributed by atoms with E-state index in [1.807, 2.05) is 31.2 Å². The predicted octanol–water partition coefficient (Wildman–Crippen LogP) is 1.97. The molecule has 1 heterocycles. The summed E-state index contributed by atoms with van der Waals surface area (Å²) in [6.07, 6.45) is 0.694. The van der Waals surface area contributed by atoms with E-state index in [1.165, 1.54) is 4.57 Å². The van der Waals surface area contributed by atoms with Gasteiger partial charge in [0, 0.05) is 0 Å². The van der Waals surface area contributed by atoms with E-state index in [0.717, 1.165) is 11.3 Å². The fourth-order valence-electron chi connectivity index (χ4n) is 3.04. The van der Waals surface area contributed by atoms with Crippen LogP contribution in [0.15, 0.2) is 58.1 Å². The zero-order valence-electron chi connectivity index (χ0n) is 15.2. The number of hydrogen-bond donors (Lipinski definition) is 2. The molecule has 7 nitrogen and oxygen atoms in total. The highest BCUT2D eigenvalue weighted by Crippen LogP contribution is 2.20. The monoisotopic (exact) mass is 367 g/mol. The number of aromatic nitrogens is 2. The van der Waals surface area contributed by atoms with Crippen LogP contribution in [0.3, 0.4) is 0 Å². The topological polar surface area (TPSA) is 93.2 Å². The summed E-state index contributed by atoms with van der Waals surface area (Å²) in [6, 6.07) is 14.0. The molecule has 140 valence electrons. The molecular formula is C20H21N3O4. The lowest BCUT2D eigenvalue weighted by Crippen LogP contribution is -2.37. The van der Waals surface area contributed by atoms with Crippen LogP contribution in [0.5, 0.6) is 5.75 Å². The van der Waals surface area contributed by atoms with Crippen LogP contribution in [0.25, 0.3) is 10.9 Å². The molecule has 1 atom stereocenters. The maximum Gasteiger partial charge on any atom is 0.329 e. The van der Waals surface area contributed by atoms with Crippen LogP contribution in [0.1, 0.15) is 24.9 Å². The van der Waals surface area contributed by atoms with Gasteiger partial charge in [-0.1, -0.05) is 31.2 Å². The van der Waals surface area contributed by atoms with Gasteiger partial charge in [-0.2, -0.15) is 0 Å². The summed E-state index contributed by atoms with van der Waals surface area (Å²) in [5.41, 5.74) is 0.312. The van der Waals surface area contributed by atoms with Gasteiger partial charge in [-0.05, 0) is 36.2 Å². The molecule has 0 spiro atoms. The highest BCUT2D eigenvalue weighted by molar-refractivity contribution is 5.81. The van der Waals surface area contributed by atoms with Crippen LogP contribution in [-0.4, -0.2) is 22.6 Å². The van der Waals surface area contributed by atoms with E-state index in [-0.39, 0.29) is 18.5 Å². The molecule has 0 aliphatic rings. The molecule has 3 rings (SSSR count). The van der Waals surface area contributed by atoms with Gasteiger partial charge in [-0.15, -0.1) is 0 Å². The summed E-state index contributed by atoms with van der Waals surface area (Å²) < 4.78 is 6.42. The summed E-state index contributed by atoms with van der Waals surface area (Å²) in [7, 11) is 1.60.